The fourth-order valence-corrected chi connectivity index (χ4v) is 3.04. The third-order valence-electron chi connectivity index (χ3n) is 4.62. The van der Waals surface area contributed by atoms with Crippen LogP contribution in [0.3, 0.4) is 0 Å². The van der Waals surface area contributed by atoms with Crippen molar-refractivity contribution in [3.63, 3.8) is 0 Å². The number of allylic oxidation sites excluding steroid dienone is 1. The molecule has 6 nitrogen and oxygen atoms in total. The smallest absolute Gasteiger partial charge is 0.306 e. The molecule has 3 aromatic rings. The molecule has 0 saturated carbocycles. The SMILES string of the molecule is C[C@H](CC(=O)OC/C(O)=C(\C#N)c1nc2ccccc2n1C)c1ccccc1. The Labute approximate surface area is 163 Å². The number of ether oxygens (including phenoxy) is 1. The molecule has 142 valence electrons. The average molecular weight is 375 g/mol. The number of benzene rings is 2. The van der Waals surface area contributed by atoms with E-state index in [2.05, 4.69) is 4.98 Å². The fraction of sp³-hybridized carbons (Fsp3) is 0.227. The van der Waals surface area contributed by atoms with Crippen molar-refractivity contribution in [3.05, 3.63) is 71.7 Å². The summed E-state index contributed by atoms with van der Waals surface area (Å²) >= 11 is 0. The largest absolute Gasteiger partial charge is 0.507 e. The third kappa shape index (κ3) is 4.04. The van der Waals surface area contributed by atoms with Crippen molar-refractivity contribution in [2.24, 2.45) is 7.05 Å². The van der Waals surface area contributed by atoms with Crippen LogP contribution in [0.25, 0.3) is 16.6 Å². The van der Waals surface area contributed by atoms with Gasteiger partial charge in [0.1, 0.15) is 18.2 Å². The van der Waals surface area contributed by atoms with E-state index in [0.717, 1.165) is 11.1 Å². The average Bonchev–Trinajstić information content (AvgIpc) is 3.04. The molecule has 1 atom stereocenters. The number of fused-ring (bicyclic) bond motifs is 1. The summed E-state index contributed by atoms with van der Waals surface area (Å²) in [7, 11) is 1.77. The quantitative estimate of drug-likeness (QED) is 0.398. The molecule has 6 heteroatoms. The summed E-state index contributed by atoms with van der Waals surface area (Å²) in [6.07, 6.45) is 0.186. The van der Waals surface area contributed by atoms with Crippen LogP contribution in [-0.2, 0) is 16.6 Å². The van der Waals surface area contributed by atoms with Crippen LogP contribution in [-0.4, -0.2) is 27.2 Å². The standard InChI is InChI=1S/C22H21N3O3/c1-15(16-8-4-3-5-9-16)12-21(27)28-14-20(26)17(13-23)22-24-18-10-6-7-11-19(18)25(22)2/h3-11,15,26H,12,14H2,1-2H3/b20-17-/t15-/m1/s1. The molecule has 1 heterocycles. The normalized spacial score (nSPS) is 12.9. The molecule has 2 aromatic carbocycles. The van der Waals surface area contributed by atoms with Gasteiger partial charge < -0.3 is 14.4 Å². The summed E-state index contributed by atoms with van der Waals surface area (Å²) in [5.74, 6) is -0.434. The maximum absolute atomic E-state index is 12.1. The highest BCUT2D eigenvalue weighted by atomic mass is 16.5. The highest BCUT2D eigenvalue weighted by Gasteiger charge is 2.18. The Morgan fingerprint density at radius 1 is 1.21 bits per heavy atom. The monoisotopic (exact) mass is 375 g/mol. The Kier molecular flexibility index (Phi) is 5.75. The van der Waals surface area contributed by atoms with E-state index in [9.17, 15) is 15.2 Å². The highest BCUT2D eigenvalue weighted by Crippen LogP contribution is 2.23. The Balaban J connectivity index is 1.71. The molecule has 0 aliphatic rings. The maximum Gasteiger partial charge on any atom is 0.306 e. The van der Waals surface area contributed by atoms with Crippen LogP contribution in [0.1, 0.15) is 30.7 Å². The first-order valence-corrected chi connectivity index (χ1v) is 8.96. The van der Waals surface area contributed by atoms with Gasteiger partial charge in [0, 0.05) is 7.05 Å². The number of para-hydroxylation sites is 2. The molecule has 1 N–H and O–H groups in total. The Hall–Kier alpha value is -3.59. The molecule has 0 unspecified atom stereocenters. The predicted molar refractivity (Wildman–Crippen MR) is 106 cm³/mol. The van der Waals surface area contributed by atoms with Crippen molar-refractivity contribution in [3.8, 4) is 6.07 Å². The van der Waals surface area contributed by atoms with Crippen molar-refractivity contribution in [2.45, 2.75) is 19.3 Å². The van der Waals surface area contributed by atoms with Gasteiger partial charge in [0.15, 0.2) is 11.6 Å². The number of hydrogen-bond acceptors (Lipinski definition) is 5. The first-order valence-electron chi connectivity index (χ1n) is 8.96. The van der Waals surface area contributed by atoms with Gasteiger partial charge in [-0.3, -0.25) is 4.79 Å². The summed E-state index contributed by atoms with van der Waals surface area (Å²) in [6.45, 7) is 1.57. The van der Waals surface area contributed by atoms with Crippen molar-refractivity contribution in [2.75, 3.05) is 6.61 Å². The van der Waals surface area contributed by atoms with Crippen LogP contribution in [0.5, 0.6) is 0 Å². The Morgan fingerprint density at radius 3 is 2.57 bits per heavy atom. The second kappa shape index (κ2) is 8.40. The molecule has 0 aliphatic heterocycles. The summed E-state index contributed by atoms with van der Waals surface area (Å²) in [4.78, 5) is 16.5. The van der Waals surface area contributed by atoms with E-state index in [4.69, 9.17) is 4.74 Å². The number of hydrogen-bond donors (Lipinski definition) is 1. The summed E-state index contributed by atoms with van der Waals surface area (Å²) in [5.41, 5.74) is 2.58. The van der Waals surface area contributed by atoms with Gasteiger partial charge in [0.25, 0.3) is 0 Å². The molecule has 1 aromatic heterocycles. The number of aliphatic hydroxyl groups excluding tert-OH is 1. The fourth-order valence-electron chi connectivity index (χ4n) is 3.04. The molecule has 0 saturated heterocycles. The lowest BCUT2D eigenvalue weighted by atomic mass is 9.98. The van der Waals surface area contributed by atoms with Gasteiger partial charge in [-0.05, 0) is 23.6 Å². The summed E-state index contributed by atoms with van der Waals surface area (Å²) in [5, 5.41) is 19.8. The molecule has 0 spiro atoms. The molecule has 28 heavy (non-hydrogen) atoms. The van der Waals surface area contributed by atoms with Crippen LogP contribution in [0.4, 0.5) is 0 Å². The zero-order valence-corrected chi connectivity index (χ0v) is 15.8. The van der Waals surface area contributed by atoms with Gasteiger partial charge in [0.2, 0.25) is 0 Å². The van der Waals surface area contributed by atoms with Crippen molar-refractivity contribution in [1.82, 2.24) is 9.55 Å². The minimum Gasteiger partial charge on any atom is -0.507 e. The van der Waals surface area contributed by atoms with Gasteiger partial charge in [0.05, 0.1) is 17.5 Å². The molecule has 0 bridgehead atoms. The van der Waals surface area contributed by atoms with Gasteiger partial charge >= 0.3 is 5.97 Å². The number of imidazole rings is 1. The molecule has 0 fully saturated rings. The lowest BCUT2D eigenvalue weighted by Gasteiger charge is -2.11. The number of aryl methyl sites for hydroxylation is 1. The second-order valence-corrected chi connectivity index (χ2v) is 6.59. The molecular formula is C22H21N3O3. The number of aliphatic hydroxyl groups is 1. The van der Waals surface area contributed by atoms with Crippen LogP contribution in [0.2, 0.25) is 0 Å². The van der Waals surface area contributed by atoms with Crippen LogP contribution >= 0.6 is 0 Å². The topological polar surface area (TPSA) is 88.1 Å². The van der Waals surface area contributed by atoms with E-state index >= 15 is 0 Å². The number of aromatic nitrogens is 2. The lowest BCUT2D eigenvalue weighted by molar-refractivity contribution is -0.143. The van der Waals surface area contributed by atoms with E-state index < -0.39 is 5.97 Å². The van der Waals surface area contributed by atoms with E-state index in [0.29, 0.717) is 11.3 Å². The van der Waals surface area contributed by atoms with Crippen molar-refractivity contribution >= 4 is 22.6 Å². The van der Waals surface area contributed by atoms with Gasteiger partial charge in [-0.2, -0.15) is 5.26 Å². The van der Waals surface area contributed by atoms with Crippen molar-refractivity contribution in [1.29, 1.82) is 5.26 Å². The summed E-state index contributed by atoms with van der Waals surface area (Å²) < 4.78 is 6.90. The van der Waals surface area contributed by atoms with E-state index in [1.807, 2.05) is 67.6 Å². The number of nitrogens with zero attached hydrogens (tertiary/aromatic N) is 3. The number of carbonyl (C=O) groups excluding carboxylic acids is 1. The molecule has 0 amide bonds. The first kappa shape index (κ1) is 19.2. The lowest BCUT2D eigenvalue weighted by Crippen LogP contribution is -2.12. The van der Waals surface area contributed by atoms with E-state index in [1.54, 1.807) is 11.6 Å². The van der Waals surface area contributed by atoms with Gasteiger partial charge in [-0.1, -0.05) is 49.4 Å². The number of carbonyl (C=O) groups is 1. The zero-order chi connectivity index (χ0) is 20.1. The first-order chi connectivity index (χ1) is 13.5. The van der Waals surface area contributed by atoms with Gasteiger partial charge in [-0.25, -0.2) is 4.98 Å². The van der Waals surface area contributed by atoms with E-state index in [-0.39, 0.29) is 30.3 Å². The minimum atomic E-state index is -0.440. The second-order valence-electron chi connectivity index (χ2n) is 6.59. The maximum atomic E-state index is 12.1. The molecule has 0 radical (unpaired) electrons. The predicted octanol–water partition coefficient (Wildman–Crippen LogP) is 4.10. The Bertz CT molecular complexity index is 1060. The number of esters is 1. The van der Waals surface area contributed by atoms with Crippen LogP contribution in [0, 0.1) is 11.3 Å². The number of rotatable bonds is 6. The number of nitriles is 1. The molecule has 0 aliphatic carbocycles. The third-order valence-corrected chi connectivity index (χ3v) is 4.62. The van der Waals surface area contributed by atoms with Gasteiger partial charge in [-0.15, -0.1) is 0 Å². The van der Waals surface area contributed by atoms with Crippen LogP contribution < -0.4 is 0 Å². The molecular weight excluding hydrogens is 354 g/mol. The molecule has 3 rings (SSSR count). The highest BCUT2D eigenvalue weighted by molar-refractivity contribution is 5.84. The zero-order valence-electron chi connectivity index (χ0n) is 15.8. The Morgan fingerprint density at radius 2 is 1.89 bits per heavy atom. The van der Waals surface area contributed by atoms with Crippen LogP contribution in [0.15, 0.2) is 60.4 Å². The summed E-state index contributed by atoms with van der Waals surface area (Å²) in [6, 6.07) is 19.1. The minimum absolute atomic E-state index is 0.00454. The van der Waals surface area contributed by atoms with Crippen molar-refractivity contribution < 1.29 is 14.6 Å². The van der Waals surface area contributed by atoms with E-state index in [1.165, 1.54) is 0 Å².